The third-order valence-corrected chi connectivity index (χ3v) is 8.45. The van der Waals surface area contributed by atoms with Crippen LogP contribution in [0.25, 0.3) is 33.4 Å². The molecular weight excluding hydrogens is 489 g/mol. The minimum absolute atomic E-state index is 0.0535. The average Bonchev–Trinajstić information content (AvgIpc) is 2.90. The van der Waals surface area contributed by atoms with Crippen LogP contribution in [0.1, 0.15) is 71.2 Å². The van der Waals surface area contributed by atoms with Crippen molar-refractivity contribution in [1.82, 2.24) is 0 Å². The van der Waals surface area contributed by atoms with Crippen LogP contribution in [-0.2, 0) is 12.8 Å². The first-order valence-electron chi connectivity index (χ1n) is 14.0. The normalized spacial score (nSPS) is 11.4. The largest absolute Gasteiger partial charge is 0.206 e. The third-order valence-electron chi connectivity index (χ3n) is 8.45. The Bertz CT molecular complexity index is 1560. The second kappa shape index (κ2) is 11.4. The molecule has 0 aliphatic rings. The predicted molar refractivity (Wildman–Crippen MR) is 159 cm³/mol. The highest BCUT2D eigenvalue weighted by atomic mass is 19.2. The lowest BCUT2D eigenvalue weighted by Gasteiger charge is -2.18. The minimum atomic E-state index is -1.03. The first-order valence-corrected chi connectivity index (χ1v) is 14.0. The standard InChI is InChI=1S/C36H39F3/c1-9-11-27-20(3)17-32(24(7)22(27)5)26-13-14-29(34(37)19-26)30-15-16-31(36(39)35(30)38)33-18-21(4)28(12-10-2)23(6)25(33)8/h13-19H,9-12H2,1-8H3. The lowest BCUT2D eigenvalue weighted by atomic mass is 9.87. The van der Waals surface area contributed by atoms with Crippen LogP contribution in [0, 0.1) is 59.0 Å². The molecule has 0 atom stereocenters. The number of rotatable bonds is 7. The summed E-state index contributed by atoms with van der Waals surface area (Å²) in [5.74, 6) is -2.55. The Morgan fingerprint density at radius 3 is 1.41 bits per heavy atom. The fraction of sp³-hybridized carbons (Fsp3) is 0.333. The Kier molecular flexibility index (Phi) is 8.39. The van der Waals surface area contributed by atoms with Crippen molar-refractivity contribution in [3.63, 3.8) is 0 Å². The molecule has 0 aliphatic carbocycles. The van der Waals surface area contributed by atoms with Gasteiger partial charge in [0.1, 0.15) is 5.82 Å². The van der Waals surface area contributed by atoms with E-state index in [2.05, 4.69) is 40.7 Å². The highest BCUT2D eigenvalue weighted by molar-refractivity contribution is 5.78. The number of hydrogen-bond acceptors (Lipinski definition) is 0. The Morgan fingerprint density at radius 2 is 0.923 bits per heavy atom. The van der Waals surface area contributed by atoms with Gasteiger partial charge in [0.25, 0.3) is 0 Å². The average molecular weight is 529 g/mol. The van der Waals surface area contributed by atoms with Crippen molar-refractivity contribution in [2.75, 3.05) is 0 Å². The van der Waals surface area contributed by atoms with Gasteiger partial charge < -0.3 is 0 Å². The summed E-state index contributed by atoms with van der Waals surface area (Å²) in [6.07, 6.45) is 4.04. The van der Waals surface area contributed by atoms with E-state index in [1.807, 2.05) is 26.8 Å². The maximum Gasteiger partial charge on any atom is 0.167 e. The van der Waals surface area contributed by atoms with Crippen molar-refractivity contribution >= 4 is 0 Å². The minimum Gasteiger partial charge on any atom is -0.206 e. The van der Waals surface area contributed by atoms with Gasteiger partial charge in [-0.25, -0.2) is 13.2 Å². The van der Waals surface area contributed by atoms with Crippen LogP contribution in [0.15, 0.2) is 42.5 Å². The molecule has 0 aliphatic heterocycles. The van der Waals surface area contributed by atoms with E-state index < -0.39 is 17.5 Å². The second-order valence-corrected chi connectivity index (χ2v) is 10.9. The van der Waals surface area contributed by atoms with Gasteiger partial charge in [-0.3, -0.25) is 0 Å². The van der Waals surface area contributed by atoms with Gasteiger partial charge in [-0.1, -0.05) is 63.1 Å². The van der Waals surface area contributed by atoms with Crippen molar-refractivity contribution in [2.24, 2.45) is 0 Å². The Balaban J connectivity index is 1.77. The molecule has 0 nitrogen and oxygen atoms in total. The van der Waals surface area contributed by atoms with Gasteiger partial charge in [0.2, 0.25) is 0 Å². The molecule has 0 fully saturated rings. The van der Waals surface area contributed by atoms with Crippen LogP contribution >= 0.6 is 0 Å². The first-order chi connectivity index (χ1) is 18.5. The summed E-state index contributed by atoms with van der Waals surface area (Å²) in [6, 6.07) is 11.9. The predicted octanol–water partition coefficient (Wildman–Crippen LogP) is 10.9. The van der Waals surface area contributed by atoms with E-state index in [0.717, 1.165) is 59.1 Å². The van der Waals surface area contributed by atoms with Crippen LogP contribution in [0.2, 0.25) is 0 Å². The summed E-state index contributed by atoms with van der Waals surface area (Å²) in [6.45, 7) is 16.6. The zero-order chi connectivity index (χ0) is 28.6. The van der Waals surface area contributed by atoms with E-state index in [-0.39, 0.29) is 16.7 Å². The van der Waals surface area contributed by atoms with Gasteiger partial charge in [0, 0.05) is 16.7 Å². The molecule has 0 amide bonds. The molecule has 0 N–H and O–H groups in total. The van der Waals surface area contributed by atoms with Crippen molar-refractivity contribution in [1.29, 1.82) is 0 Å². The van der Waals surface area contributed by atoms with E-state index in [1.165, 1.54) is 34.4 Å². The molecular formula is C36H39F3. The summed E-state index contributed by atoms with van der Waals surface area (Å²) in [4.78, 5) is 0. The van der Waals surface area contributed by atoms with Crippen LogP contribution in [0.4, 0.5) is 13.2 Å². The molecule has 204 valence electrons. The molecule has 4 aromatic carbocycles. The van der Waals surface area contributed by atoms with Crippen LogP contribution in [0.3, 0.4) is 0 Å². The van der Waals surface area contributed by atoms with Gasteiger partial charge in [0.05, 0.1) is 0 Å². The van der Waals surface area contributed by atoms with E-state index >= 15 is 13.2 Å². The van der Waals surface area contributed by atoms with E-state index in [0.29, 0.717) is 5.56 Å². The van der Waals surface area contributed by atoms with Crippen LogP contribution in [0.5, 0.6) is 0 Å². The highest BCUT2D eigenvalue weighted by Gasteiger charge is 2.21. The summed E-state index contributed by atoms with van der Waals surface area (Å²) < 4.78 is 46.5. The van der Waals surface area contributed by atoms with Gasteiger partial charge in [-0.05, 0) is 122 Å². The summed E-state index contributed by atoms with van der Waals surface area (Å²) in [5, 5.41) is 0. The van der Waals surface area contributed by atoms with Gasteiger partial charge >= 0.3 is 0 Å². The zero-order valence-corrected chi connectivity index (χ0v) is 24.5. The summed E-state index contributed by atoms with van der Waals surface area (Å²) >= 11 is 0. The fourth-order valence-corrected chi connectivity index (χ4v) is 5.99. The van der Waals surface area contributed by atoms with Crippen molar-refractivity contribution in [3.8, 4) is 33.4 Å². The van der Waals surface area contributed by atoms with Gasteiger partial charge in [-0.2, -0.15) is 0 Å². The molecule has 4 aromatic rings. The van der Waals surface area contributed by atoms with Gasteiger partial charge in [-0.15, -0.1) is 0 Å². The second-order valence-electron chi connectivity index (χ2n) is 10.9. The first kappa shape index (κ1) is 28.7. The van der Waals surface area contributed by atoms with Crippen LogP contribution in [-0.4, -0.2) is 0 Å². The number of aryl methyl sites for hydroxylation is 2. The van der Waals surface area contributed by atoms with E-state index in [9.17, 15) is 0 Å². The lowest BCUT2D eigenvalue weighted by molar-refractivity contribution is 0.512. The molecule has 0 radical (unpaired) electrons. The van der Waals surface area contributed by atoms with Crippen LogP contribution < -0.4 is 0 Å². The highest BCUT2D eigenvalue weighted by Crippen LogP contribution is 2.38. The van der Waals surface area contributed by atoms with Crippen molar-refractivity contribution in [2.45, 2.75) is 81.1 Å². The molecule has 39 heavy (non-hydrogen) atoms. The van der Waals surface area contributed by atoms with E-state index in [1.54, 1.807) is 18.2 Å². The monoisotopic (exact) mass is 528 g/mol. The quantitative estimate of drug-likeness (QED) is 0.224. The van der Waals surface area contributed by atoms with Crippen molar-refractivity contribution < 1.29 is 13.2 Å². The molecule has 4 rings (SSSR count). The summed E-state index contributed by atoms with van der Waals surface area (Å²) in [5.41, 5.74) is 11.8. The number of halogens is 3. The molecule has 3 heteroatoms. The fourth-order valence-electron chi connectivity index (χ4n) is 5.99. The molecule has 0 aromatic heterocycles. The molecule has 0 bridgehead atoms. The Morgan fingerprint density at radius 1 is 0.487 bits per heavy atom. The smallest absolute Gasteiger partial charge is 0.167 e. The Labute approximate surface area is 231 Å². The van der Waals surface area contributed by atoms with Crippen molar-refractivity contribution in [3.05, 3.63) is 104 Å². The van der Waals surface area contributed by atoms with Gasteiger partial charge in [0.15, 0.2) is 11.6 Å². The SMILES string of the molecule is CCCc1c(C)cc(-c2ccc(-c3ccc(-c4cc(C)c(CCC)c(C)c4C)c(F)c3F)c(F)c2)c(C)c1C. The summed E-state index contributed by atoms with van der Waals surface area (Å²) in [7, 11) is 0. The molecule has 0 unspecified atom stereocenters. The van der Waals surface area contributed by atoms with E-state index in [4.69, 9.17) is 0 Å². The zero-order valence-electron chi connectivity index (χ0n) is 24.5. The topological polar surface area (TPSA) is 0 Å². The molecule has 0 saturated carbocycles. The maximum atomic E-state index is 15.5. The number of hydrogen-bond donors (Lipinski definition) is 0. The molecule has 0 saturated heterocycles. The molecule has 0 heterocycles. The Hall–Kier alpha value is -3.33. The third kappa shape index (κ3) is 5.16. The maximum absolute atomic E-state index is 15.5. The lowest BCUT2D eigenvalue weighted by Crippen LogP contribution is -2.02. The molecule has 0 spiro atoms. The number of benzene rings is 4.